The van der Waals surface area contributed by atoms with Crippen molar-refractivity contribution < 1.29 is 4.21 Å². The second-order valence-electron chi connectivity index (χ2n) is 4.26. The molecule has 1 aromatic carbocycles. The van der Waals surface area contributed by atoms with Gasteiger partial charge in [0.25, 0.3) is 0 Å². The van der Waals surface area contributed by atoms with E-state index in [1.807, 2.05) is 32.0 Å². The van der Waals surface area contributed by atoms with Crippen LogP contribution < -0.4 is 0 Å². The van der Waals surface area contributed by atoms with Crippen molar-refractivity contribution >= 4 is 9.73 Å². The lowest BCUT2D eigenvalue weighted by Crippen LogP contribution is -2.13. The Morgan fingerprint density at radius 2 is 2.00 bits per heavy atom. The fraction of sp³-hybridized carbons (Fsp3) is 0.500. The molecule has 1 aliphatic heterocycles. The molecule has 0 spiro atoms. The second-order valence-corrected chi connectivity index (χ2v) is 7.20. The minimum Gasteiger partial charge on any atom is -0.249 e. The van der Waals surface area contributed by atoms with Crippen LogP contribution in [0.5, 0.6) is 0 Å². The maximum Gasteiger partial charge on any atom is 0.0852 e. The summed E-state index contributed by atoms with van der Waals surface area (Å²) >= 11 is 0. The molecule has 1 aromatic rings. The van der Waals surface area contributed by atoms with Crippen molar-refractivity contribution in [2.45, 2.75) is 31.6 Å². The Balaban J connectivity index is 2.31. The van der Waals surface area contributed by atoms with Crippen molar-refractivity contribution in [1.29, 1.82) is 0 Å². The summed E-state index contributed by atoms with van der Waals surface area (Å²) in [5, 5.41) is 0.172. The van der Waals surface area contributed by atoms with E-state index in [4.69, 9.17) is 0 Å². The average Bonchev–Trinajstić information content (AvgIpc) is 2.64. The maximum absolute atomic E-state index is 12.3. The van der Waals surface area contributed by atoms with E-state index in [1.165, 1.54) is 5.56 Å². The van der Waals surface area contributed by atoms with Crippen molar-refractivity contribution in [1.82, 2.24) is 0 Å². The van der Waals surface area contributed by atoms with E-state index in [0.29, 0.717) is 0 Å². The van der Waals surface area contributed by atoms with Crippen LogP contribution in [0, 0.1) is 0 Å². The quantitative estimate of drug-likeness (QED) is 0.758. The van der Waals surface area contributed by atoms with Crippen LogP contribution in [0.4, 0.5) is 0 Å². The summed E-state index contributed by atoms with van der Waals surface area (Å²) in [4.78, 5) is 0. The Morgan fingerprint density at radius 3 is 2.53 bits per heavy atom. The van der Waals surface area contributed by atoms with Crippen LogP contribution in [0.3, 0.4) is 0 Å². The molecule has 1 heterocycles. The van der Waals surface area contributed by atoms with E-state index in [1.54, 1.807) is 0 Å². The van der Waals surface area contributed by atoms with Gasteiger partial charge in [-0.05, 0) is 12.0 Å². The number of rotatable bonds is 2. The maximum atomic E-state index is 12.3. The van der Waals surface area contributed by atoms with Crippen molar-refractivity contribution in [2.75, 3.05) is 5.75 Å². The third-order valence-corrected chi connectivity index (χ3v) is 5.82. The van der Waals surface area contributed by atoms with Gasteiger partial charge < -0.3 is 0 Å². The lowest BCUT2D eigenvalue weighted by Gasteiger charge is -2.07. The van der Waals surface area contributed by atoms with Gasteiger partial charge in [0.2, 0.25) is 0 Å². The molecule has 0 bridgehead atoms. The van der Waals surface area contributed by atoms with Crippen molar-refractivity contribution in [3.05, 3.63) is 35.9 Å². The predicted molar refractivity (Wildman–Crippen MR) is 64.4 cm³/mol. The van der Waals surface area contributed by atoms with Gasteiger partial charge in [0.05, 0.1) is 6.04 Å². The molecule has 2 nitrogen and oxygen atoms in total. The van der Waals surface area contributed by atoms with Crippen molar-refractivity contribution in [3.8, 4) is 0 Å². The summed E-state index contributed by atoms with van der Waals surface area (Å²) in [6.45, 7) is 4.00. The molecule has 1 aliphatic rings. The van der Waals surface area contributed by atoms with E-state index in [9.17, 15) is 4.21 Å². The first-order valence-electron chi connectivity index (χ1n) is 5.39. The standard InChI is InChI=1S/C12H17NOS/c1-10(2)15(14)9-8-12(13-15)11-6-4-3-5-7-11/h3-7,10,12H,8-9H2,1-2H3. The third-order valence-electron chi connectivity index (χ3n) is 2.91. The fourth-order valence-corrected chi connectivity index (χ4v) is 3.90. The van der Waals surface area contributed by atoms with Gasteiger partial charge >= 0.3 is 0 Å². The molecule has 0 amide bonds. The highest BCUT2D eigenvalue weighted by atomic mass is 32.2. The Labute approximate surface area is 91.9 Å². The van der Waals surface area contributed by atoms with E-state index in [2.05, 4.69) is 16.5 Å². The molecular formula is C12H17NOS. The molecule has 0 saturated carbocycles. The fourth-order valence-electron chi connectivity index (χ4n) is 1.86. The first-order chi connectivity index (χ1) is 7.12. The van der Waals surface area contributed by atoms with Crippen LogP contribution in [0.2, 0.25) is 0 Å². The van der Waals surface area contributed by atoms with Gasteiger partial charge in [-0.15, -0.1) is 0 Å². The highest BCUT2D eigenvalue weighted by Crippen LogP contribution is 2.31. The number of benzene rings is 1. The Morgan fingerprint density at radius 1 is 1.33 bits per heavy atom. The van der Waals surface area contributed by atoms with Crippen LogP contribution in [-0.4, -0.2) is 15.2 Å². The summed E-state index contributed by atoms with van der Waals surface area (Å²) in [5.41, 5.74) is 1.20. The van der Waals surface area contributed by atoms with Crippen molar-refractivity contribution in [3.63, 3.8) is 0 Å². The highest BCUT2D eigenvalue weighted by Gasteiger charge is 2.26. The molecular weight excluding hydrogens is 206 g/mol. The molecule has 2 atom stereocenters. The monoisotopic (exact) mass is 223 g/mol. The molecule has 0 saturated heterocycles. The summed E-state index contributed by atoms with van der Waals surface area (Å²) < 4.78 is 16.8. The SMILES string of the molecule is CC(C)S1(=O)=NC(c2ccccc2)CC1. The van der Waals surface area contributed by atoms with E-state index in [-0.39, 0.29) is 11.3 Å². The van der Waals surface area contributed by atoms with Crippen LogP contribution in [0.15, 0.2) is 34.7 Å². The van der Waals surface area contributed by atoms with E-state index >= 15 is 0 Å². The zero-order valence-corrected chi connectivity index (χ0v) is 10.0. The number of nitrogens with zero attached hydrogens (tertiary/aromatic N) is 1. The summed E-state index contributed by atoms with van der Waals surface area (Å²) in [6, 6.07) is 10.3. The third kappa shape index (κ3) is 2.07. The lowest BCUT2D eigenvalue weighted by molar-refractivity contribution is 0.672. The predicted octanol–water partition coefficient (Wildman–Crippen LogP) is 3.01. The Kier molecular flexibility index (Phi) is 2.83. The zero-order valence-electron chi connectivity index (χ0n) is 9.22. The lowest BCUT2D eigenvalue weighted by atomic mass is 10.1. The average molecular weight is 223 g/mol. The van der Waals surface area contributed by atoms with Gasteiger partial charge in [0, 0.05) is 20.7 Å². The molecule has 0 aliphatic carbocycles. The highest BCUT2D eigenvalue weighted by molar-refractivity contribution is 7.94. The number of hydrogen-bond acceptors (Lipinski definition) is 2. The van der Waals surface area contributed by atoms with Gasteiger partial charge in [-0.2, -0.15) is 0 Å². The van der Waals surface area contributed by atoms with E-state index in [0.717, 1.165) is 12.2 Å². The minimum absolute atomic E-state index is 0.154. The van der Waals surface area contributed by atoms with Crippen LogP contribution in [-0.2, 0) is 9.73 Å². The van der Waals surface area contributed by atoms with Gasteiger partial charge in [-0.3, -0.25) is 0 Å². The van der Waals surface area contributed by atoms with Crippen LogP contribution >= 0.6 is 0 Å². The molecule has 0 N–H and O–H groups in total. The molecule has 2 rings (SSSR count). The smallest absolute Gasteiger partial charge is 0.0852 e. The Hall–Kier alpha value is -0.830. The molecule has 82 valence electrons. The van der Waals surface area contributed by atoms with E-state index < -0.39 is 9.73 Å². The second kappa shape index (κ2) is 3.97. The Bertz CT molecular complexity index is 444. The molecule has 0 fully saturated rings. The first-order valence-corrected chi connectivity index (χ1v) is 7.14. The summed E-state index contributed by atoms with van der Waals surface area (Å²) in [7, 11) is -1.94. The largest absolute Gasteiger partial charge is 0.249 e. The summed E-state index contributed by atoms with van der Waals surface area (Å²) in [5.74, 6) is 0.754. The molecule has 0 radical (unpaired) electrons. The molecule has 15 heavy (non-hydrogen) atoms. The molecule has 3 heteroatoms. The van der Waals surface area contributed by atoms with Crippen LogP contribution in [0.1, 0.15) is 31.9 Å². The first kappa shape index (κ1) is 10.7. The zero-order chi connectivity index (χ0) is 10.9. The number of hydrogen-bond donors (Lipinski definition) is 0. The van der Waals surface area contributed by atoms with Gasteiger partial charge in [-0.1, -0.05) is 44.2 Å². The molecule has 0 aromatic heterocycles. The van der Waals surface area contributed by atoms with Gasteiger partial charge in [0.1, 0.15) is 0 Å². The van der Waals surface area contributed by atoms with Gasteiger partial charge in [0.15, 0.2) is 0 Å². The topological polar surface area (TPSA) is 29.4 Å². The van der Waals surface area contributed by atoms with Gasteiger partial charge in [-0.25, -0.2) is 8.57 Å². The molecule has 2 unspecified atom stereocenters. The van der Waals surface area contributed by atoms with Crippen LogP contribution in [0.25, 0.3) is 0 Å². The van der Waals surface area contributed by atoms with Crippen molar-refractivity contribution in [2.24, 2.45) is 4.36 Å². The normalized spacial score (nSPS) is 30.5. The minimum atomic E-state index is -1.94. The summed E-state index contributed by atoms with van der Waals surface area (Å²) in [6.07, 6.45) is 0.932.